The largest absolute Gasteiger partial charge is 0.320 e. The van der Waals surface area contributed by atoms with E-state index in [4.69, 9.17) is 0 Å². The lowest BCUT2D eigenvalue weighted by molar-refractivity contribution is 0.103. The van der Waals surface area contributed by atoms with Crippen LogP contribution in [0.5, 0.6) is 0 Å². The molecular weight excluding hydrogens is 200 g/mol. The van der Waals surface area contributed by atoms with Crippen molar-refractivity contribution in [2.45, 2.75) is 20.8 Å². The fourth-order valence-electron chi connectivity index (χ4n) is 1.91. The lowest BCUT2D eigenvalue weighted by atomic mass is 10.1. The van der Waals surface area contributed by atoms with Crippen molar-refractivity contribution in [3.8, 4) is 0 Å². The first-order chi connectivity index (χ1) is 7.77. The minimum Gasteiger partial charge on any atom is -0.320 e. The molecule has 1 aromatic carbocycles. The van der Waals surface area contributed by atoms with Crippen molar-refractivity contribution in [1.82, 2.24) is 4.98 Å². The normalized spacial score (nSPS) is 12.1. The molecule has 1 aromatic heterocycles. The third kappa shape index (κ3) is 1.36. The number of pyridine rings is 1. The van der Waals surface area contributed by atoms with Gasteiger partial charge >= 0.3 is 0 Å². The predicted octanol–water partition coefficient (Wildman–Crippen LogP) is 3.14. The van der Waals surface area contributed by atoms with E-state index in [1.165, 1.54) is 0 Å². The van der Waals surface area contributed by atoms with Gasteiger partial charge in [0.15, 0.2) is 0 Å². The lowest BCUT2D eigenvalue weighted by Crippen LogP contribution is -2.03. The molecule has 0 aliphatic carbocycles. The standard InChI is InChI=1S/C11H8N2O.C2H6/c1-6-7-3-2-4-8-10(7)9(5-12-6)13-11(8)14;1-2/h2-5H,1H3,(H,13,14);1-2H3. The molecule has 0 bridgehead atoms. The number of amides is 1. The Morgan fingerprint density at radius 2 is 2.00 bits per heavy atom. The van der Waals surface area contributed by atoms with Crippen LogP contribution in [0.4, 0.5) is 5.69 Å². The zero-order chi connectivity index (χ0) is 11.7. The summed E-state index contributed by atoms with van der Waals surface area (Å²) >= 11 is 0. The van der Waals surface area contributed by atoms with Crippen molar-refractivity contribution in [1.29, 1.82) is 0 Å². The molecule has 0 fully saturated rings. The molecule has 1 aliphatic heterocycles. The summed E-state index contributed by atoms with van der Waals surface area (Å²) in [5.41, 5.74) is 2.54. The highest BCUT2D eigenvalue weighted by Gasteiger charge is 2.21. The molecule has 16 heavy (non-hydrogen) atoms. The van der Waals surface area contributed by atoms with Crippen LogP contribution in [0.3, 0.4) is 0 Å². The van der Waals surface area contributed by atoms with E-state index in [1.807, 2.05) is 39.0 Å². The van der Waals surface area contributed by atoms with E-state index in [9.17, 15) is 4.79 Å². The average Bonchev–Trinajstić information content (AvgIpc) is 2.66. The summed E-state index contributed by atoms with van der Waals surface area (Å²) in [6, 6.07) is 5.72. The summed E-state index contributed by atoms with van der Waals surface area (Å²) in [6.45, 7) is 5.95. The first-order valence-electron chi connectivity index (χ1n) is 5.47. The molecule has 0 radical (unpaired) electrons. The number of hydrogen-bond acceptors (Lipinski definition) is 2. The van der Waals surface area contributed by atoms with Crippen LogP contribution in [0.25, 0.3) is 10.8 Å². The highest BCUT2D eigenvalue weighted by atomic mass is 16.1. The number of carbonyl (C=O) groups excluding carboxylic acids is 1. The molecule has 3 heteroatoms. The van der Waals surface area contributed by atoms with Gasteiger partial charge in [0.2, 0.25) is 0 Å². The third-order valence-electron chi connectivity index (χ3n) is 2.60. The quantitative estimate of drug-likeness (QED) is 0.732. The zero-order valence-electron chi connectivity index (χ0n) is 9.66. The molecule has 2 heterocycles. The Hall–Kier alpha value is -1.90. The van der Waals surface area contributed by atoms with Crippen molar-refractivity contribution < 1.29 is 4.79 Å². The minimum atomic E-state index is -0.0296. The van der Waals surface area contributed by atoms with Crippen molar-refractivity contribution in [2.24, 2.45) is 0 Å². The van der Waals surface area contributed by atoms with Crippen LogP contribution in [0.1, 0.15) is 29.9 Å². The second-order valence-electron chi connectivity index (χ2n) is 3.44. The number of aromatic nitrogens is 1. The predicted molar refractivity (Wildman–Crippen MR) is 65.8 cm³/mol. The molecular formula is C13H14N2O. The summed E-state index contributed by atoms with van der Waals surface area (Å²) < 4.78 is 0. The van der Waals surface area contributed by atoms with Gasteiger partial charge in [-0.1, -0.05) is 26.0 Å². The van der Waals surface area contributed by atoms with Gasteiger partial charge in [-0.2, -0.15) is 0 Å². The maximum Gasteiger partial charge on any atom is 0.256 e. The number of carbonyl (C=O) groups is 1. The molecule has 1 aliphatic rings. The summed E-state index contributed by atoms with van der Waals surface area (Å²) in [7, 11) is 0. The van der Waals surface area contributed by atoms with E-state index >= 15 is 0 Å². The van der Waals surface area contributed by atoms with Crippen LogP contribution >= 0.6 is 0 Å². The molecule has 3 nitrogen and oxygen atoms in total. The van der Waals surface area contributed by atoms with Gasteiger partial charge in [-0.15, -0.1) is 0 Å². The topological polar surface area (TPSA) is 42.0 Å². The second-order valence-corrected chi connectivity index (χ2v) is 3.44. The van der Waals surface area contributed by atoms with Crippen molar-refractivity contribution in [3.05, 3.63) is 35.7 Å². The Bertz CT molecular complexity index is 561. The number of nitrogens with one attached hydrogen (secondary N) is 1. The number of aryl methyl sites for hydroxylation is 1. The fourth-order valence-corrected chi connectivity index (χ4v) is 1.91. The SMILES string of the molecule is CC.Cc1ncc2c3c(cccc13)C(=O)N2. The maximum atomic E-state index is 11.5. The van der Waals surface area contributed by atoms with E-state index in [2.05, 4.69) is 10.3 Å². The van der Waals surface area contributed by atoms with E-state index in [1.54, 1.807) is 6.20 Å². The Balaban J connectivity index is 0.000000457. The minimum absolute atomic E-state index is 0.0296. The summed E-state index contributed by atoms with van der Waals surface area (Å²) in [5.74, 6) is -0.0296. The van der Waals surface area contributed by atoms with Crippen LogP contribution in [-0.2, 0) is 0 Å². The molecule has 0 spiro atoms. The molecule has 0 saturated carbocycles. The van der Waals surface area contributed by atoms with Gasteiger partial charge in [0.05, 0.1) is 11.9 Å². The molecule has 3 rings (SSSR count). The number of benzene rings is 1. The van der Waals surface area contributed by atoms with Crippen LogP contribution in [0.15, 0.2) is 24.4 Å². The first kappa shape index (κ1) is 10.6. The Morgan fingerprint density at radius 3 is 2.75 bits per heavy atom. The Labute approximate surface area is 94.5 Å². The monoisotopic (exact) mass is 214 g/mol. The molecule has 1 amide bonds. The number of hydrogen-bond donors (Lipinski definition) is 1. The maximum absolute atomic E-state index is 11.5. The number of anilines is 1. The number of nitrogens with zero attached hydrogens (tertiary/aromatic N) is 1. The van der Waals surface area contributed by atoms with Gasteiger partial charge in [-0.3, -0.25) is 9.78 Å². The smallest absolute Gasteiger partial charge is 0.256 e. The van der Waals surface area contributed by atoms with E-state index < -0.39 is 0 Å². The first-order valence-corrected chi connectivity index (χ1v) is 5.47. The molecule has 1 N–H and O–H groups in total. The van der Waals surface area contributed by atoms with Crippen LogP contribution in [0, 0.1) is 6.92 Å². The van der Waals surface area contributed by atoms with Crippen LogP contribution in [-0.4, -0.2) is 10.9 Å². The highest BCUT2D eigenvalue weighted by Crippen LogP contribution is 2.33. The Kier molecular flexibility index (Phi) is 2.60. The van der Waals surface area contributed by atoms with Crippen molar-refractivity contribution in [3.63, 3.8) is 0 Å². The van der Waals surface area contributed by atoms with E-state index in [0.717, 1.165) is 27.7 Å². The van der Waals surface area contributed by atoms with Gasteiger partial charge in [0.25, 0.3) is 5.91 Å². The number of rotatable bonds is 0. The molecule has 2 aromatic rings. The average molecular weight is 214 g/mol. The summed E-state index contributed by atoms with van der Waals surface area (Å²) in [5, 5.41) is 4.86. The van der Waals surface area contributed by atoms with E-state index in [-0.39, 0.29) is 5.91 Å². The highest BCUT2D eigenvalue weighted by molar-refractivity contribution is 6.23. The third-order valence-corrected chi connectivity index (χ3v) is 2.60. The zero-order valence-corrected chi connectivity index (χ0v) is 9.66. The van der Waals surface area contributed by atoms with Gasteiger partial charge in [0, 0.05) is 22.0 Å². The van der Waals surface area contributed by atoms with Crippen LogP contribution < -0.4 is 5.32 Å². The van der Waals surface area contributed by atoms with Gasteiger partial charge < -0.3 is 5.32 Å². The van der Waals surface area contributed by atoms with Crippen molar-refractivity contribution in [2.75, 3.05) is 5.32 Å². The molecule has 0 unspecified atom stereocenters. The molecule has 0 saturated heterocycles. The van der Waals surface area contributed by atoms with Gasteiger partial charge in [0.1, 0.15) is 0 Å². The molecule has 0 atom stereocenters. The molecule has 82 valence electrons. The van der Waals surface area contributed by atoms with Gasteiger partial charge in [-0.25, -0.2) is 0 Å². The summed E-state index contributed by atoms with van der Waals surface area (Å²) in [4.78, 5) is 15.7. The lowest BCUT2D eigenvalue weighted by Gasteiger charge is -2.01. The van der Waals surface area contributed by atoms with Crippen molar-refractivity contribution >= 4 is 22.4 Å². The van der Waals surface area contributed by atoms with Crippen LogP contribution in [0.2, 0.25) is 0 Å². The van der Waals surface area contributed by atoms with Gasteiger partial charge in [-0.05, 0) is 13.0 Å². The second kappa shape index (κ2) is 3.93. The Morgan fingerprint density at radius 1 is 1.25 bits per heavy atom. The fraction of sp³-hybridized carbons (Fsp3) is 0.231. The summed E-state index contributed by atoms with van der Waals surface area (Å²) in [6.07, 6.45) is 1.71. The van der Waals surface area contributed by atoms with E-state index in [0.29, 0.717) is 0 Å².